The molecule has 1 nitrogen and oxygen atoms in total. The van der Waals surface area contributed by atoms with Crippen molar-refractivity contribution >= 4 is 17.2 Å². The predicted molar refractivity (Wildman–Crippen MR) is 85.3 cm³/mol. The number of benzene rings is 2. The van der Waals surface area contributed by atoms with E-state index >= 15 is 0 Å². The van der Waals surface area contributed by atoms with Crippen molar-refractivity contribution in [1.29, 1.82) is 0 Å². The first-order chi connectivity index (χ1) is 9.31. The van der Waals surface area contributed by atoms with Crippen LogP contribution >= 0.6 is 12.2 Å². The Morgan fingerprint density at radius 2 is 1.63 bits per heavy atom. The van der Waals surface area contributed by atoms with Gasteiger partial charge in [0.25, 0.3) is 0 Å². The fourth-order valence-electron chi connectivity index (χ4n) is 1.96. The summed E-state index contributed by atoms with van der Waals surface area (Å²) < 4.78 is 0. The summed E-state index contributed by atoms with van der Waals surface area (Å²) >= 11 is 5.47. The predicted octanol–water partition coefficient (Wildman–Crippen LogP) is 4.27. The highest BCUT2D eigenvalue weighted by atomic mass is 32.1. The first-order valence-electron chi connectivity index (χ1n) is 6.33. The van der Waals surface area contributed by atoms with Crippen molar-refractivity contribution in [2.24, 2.45) is 0 Å². The van der Waals surface area contributed by atoms with Crippen molar-refractivity contribution in [2.45, 2.75) is 12.5 Å². The lowest BCUT2D eigenvalue weighted by atomic mass is 10.0. The molecule has 0 spiro atoms. The first-order valence-corrected chi connectivity index (χ1v) is 6.74. The van der Waals surface area contributed by atoms with E-state index in [0.717, 1.165) is 17.0 Å². The van der Waals surface area contributed by atoms with Gasteiger partial charge in [-0.25, -0.2) is 0 Å². The maximum absolute atomic E-state index is 5.47. The summed E-state index contributed by atoms with van der Waals surface area (Å²) in [6.45, 7) is 3.82. The molecule has 0 amide bonds. The highest BCUT2D eigenvalue weighted by molar-refractivity contribution is 7.80. The maximum atomic E-state index is 5.47. The Kier molecular flexibility index (Phi) is 4.87. The van der Waals surface area contributed by atoms with Crippen molar-refractivity contribution < 1.29 is 0 Å². The van der Waals surface area contributed by atoms with Gasteiger partial charge in [-0.1, -0.05) is 79.0 Å². The zero-order valence-corrected chi connectivity index (χ0v) is 11.6. The van der Waals surface area contributed by atoms with E-state index in [0.29, 0.717) is 0 Å². The molecule has 0 saturated carbocycles. The van der Waals surface area contributed by atoms with Crippen molar-refractivity contribution in [1.82, 2.24) is 5.32 Å². The Morgan fingerprint density at radius 1 is 1.05 bits per heavy atom. The minimum atomic E-state index is 0.173. The van der Waals surface area contributed by atoms with Gasteiger partial charge in [0, 0.05) is 5.56 Å². The van der Waals surface area contributed by atoms with Gasteiger partial charge in [-0.05, 0) is 12.0 Å². The second-order valence-corrected chi connectivity index (χ2v) is 4.74. The SMILES string of the molecule is C=CCC(NC(=S)c1ccccc1)c1ccccc1. The van der Waals surface area contributed by atoms with Gasteiger partial charge in [0.1, 0.15) is 4.99 Å². The lowest BCUT2D eigenvalue weighted by molar-refractivity contribution is 0.664. The van der Waals surface area contributed by atoms with Crippen molar-refractivity contribution in [3.8, 4) is 0 Å². The fourth-order valence-corrected chi connectivity index (χ4v) is 2.24. The Hall–Kier alpha value is -1.93. The summed E-state index contributed by atoms with van der Waals surface area (Å²) in [7, 11) is 0. The van der Waals surface area contributed by atoms with Crippen LogP contribution in [0.2, 0.25) is 0 Å². The molecule has 2 aromatic rings. The van der Waals surface area contributed by atoms with Gasteiger partial charge < -0.3 is 5.32 Å². The van der Waals surface area contributed by atoms with Gasteiger partial charge in [0.2, 0.25) is 0 Å². The van der Waals surface area contributed by atoms with Crippen LogP contribution in [0, 0.1) is 0 Å². The number of thiocarbonyl (C=S) groups is 1. The highest BCUT2D eigenvalue weighted by Crippen LogP contribution is 2.17. The number of nitrogens with one attached hydrogen (secondary N) is 1. The van der Waals surface area contributed by atoms with Gasteiger partial charge in [-0.2, -0.15) is 0 Å². The Balaban J connectivity index is 2.14. The fraction of sp³-hybridized carbons (Fsp3) is 0.118. The van der Waals surface area contributed by atoms with Crippen LogP contribution in [0.5, 0.6) is 0 Å². The van der Waals surface area contributed by atoms with E-state index in [-0.39, 0.29) is 6.04 Å². The molecule has 0 aromatic heterocycles. The molecule has 1 atom stereocenters. The van der Waals surface area contributed by atoms with Crippen LogP contribution in [0.25, 0.3) is 0 Å². The van der Waals surface area contributed by atoms with E-state index in [9.17, 15) is 0 Å². The normalized spacial score (nSPS) is 11.6. The molecule has 0 aliphatic carbocycles. The average molecular weight is 267 g/mol. The Bertz CT molecular complexity index is 534. The molecule has 96 valence electrons. The zero-order valence-electron chi connectivity index (χ0n) is 10.8. The van der Waals surface area contributed by atoms with Crippen LogP contribution < -0.4 is 5.32 Å². The van der Waals surface area contributed by atoms with Crippen LogP contribution in [0.1, 0.15) is 23.6 Å². The summed E-state index contributed by atoms with van der Waals surface area (Å²) in [5.74, 6) is 0. The second kappa shape index (κ2) is 6.86. The molecule has 2 heteroatoms. The van der Waals surface area contributed by atoms with Gasteiger partial charge in [0.05, 0.1) is 6.04 Å². The molecular weight excluding hydrogens is 250 g/mol. The number of hydrogen-bond acceptors (Lipinski definition) is 1. The quantitative estimate of drug-likeness (QED) is 0.641. The van der Waals surface area contributed by atoms with Crippen molar-refractivity contribution in [3.63, 3.8) is 0 Å². The van der Waals surface area contributed by atoms with Gasteiger partial charge in [-0.15, -0.1) is 6.58 Å². The van der Waals surface area contributed by atoms with Crippen LogP contribution in [0.15, 0.2) is 73.3 Å². The van der Waals surface area contributed by atoms with Gasteiger partial charge in [-0.3, -0.25) is 0 Å². The molecule has 0 aliphatic heterocycles. The van der Waals surface area contributed by atoms with Crippen LogP contribution in [0.3, 0.4) is 0 Å². The van der Waals surface area contributed by atoms with Crippen molar-refractivity contribution in [2.75, 3.05) is 0 Å². The lowest BCUT2D eigenvalue weighted by Gasteiger charge is -2.19. The van der Waals surface area contributed by atoms with Crippen LogP contribution in [-0.2, 0) is 0 Å². The van der Waals surface area contributed by atoms with E-state index in [1.54, 1.807) is 0 Å². The largest absolute Gasteiger partial charge is 0.369 e. The molecule has 0 saturated heterocycles. The third kappa shape index (κ3) is 3.76. The molecule has 19 heavy (non-hydrogen) atoms. The van der Waals surface area contributed by atoms with E-state index < -0.39 is 0 Å². The van der Waals surface area contributed by atoms with Crippen LogP contribution in [-0.4, -0.2) is 4.99 Å². The molecule has 0 bridgehead atoms. The number of rotatable bonds is 5. The van der Waals surface area contributed by atoms with E-state index in [4.69, 9.17) is 12.2 Å². The summed E-state index contributed by atoms with van der Waals surface area (Å²) in [4.78, 5) is 0.774. The molecule has 2 rings (SSSR count). The molecule has 0 aliphatic rings. The number of hydrogen-bond donors (Lipinski definition) is 1. The summed E-state index contributed by atoms with van der Waals surface area (Å²) in [6, 6.07) is 20.5. The third-order valence-electron chi connectivity index (χ3n) is 2.95. The molecular formula is C17H17NS. The topological polar surface area (TPSA) is 12.0 Å². The molecule has 0 fully saturated rings. The summed E-state index contributed by atoms with van der Waals surface area (Å²) in [5.41, 5.74) is 2.27. The highest BCUT2D eigenvalue weighted by Gasteiger charge is 2.11. The smallest absolute Gasteiger partial charge is 0.107 e. The molecule has 1 unspecified atom stereocenters. The van der Waals surface area contributed by atoms with Gasteiger partial charge >= 0.3 is 0 Å². The Labute approximate surface area is 120 Å². The average Bonchev–Trinajstić information content (AvgIpc) is 2.48. The minimum Gasteiger partial charge on any atom is -0.369 e. The second-order valence-electron chi connectivity index (χ2n) is 4.33. The summed E-state index contributed by atoms with van der Waals surface area (Å²) in [6.07, 6.45) is 2.76. The van der Waals surface area contributed by atoms with Crippen LogP contribution in [0.4, 0.5) is 0 Å². The molecule has 1 N–H and O–H groups in total. The molecule has 0 radical (unpaired) electrons. The monoisotopic (exact) mass is 267 g/mol. The van der Waals surface area contributed by atoms with Gasteiger partial charge in [0.15, 0.2) is 0 Å². The maximum Gasteiger partial charge on any atom is 0.107 e. The molecule has 0 heterocycles. The molecule has 2 aromatic carbocycles. The van der Waals surface area contributed by atoms with E-state index in [2.05, 4.69) is 24.0 Å². The standard InChI is InChI=1S/C17H17NS/c1-2-9-16(14-10-5-3-6-11-14)18-17(19)15-12-7-4-8-13-15/h2-8,10-13,16H,1,9H2,(H,18,19). The zero-order chi connectivity index (χ0) is 13.5. The minimum absolute atomic E-state index is 0.173. The van der Waals surface area contributed by atoms with E-state index in [1.807, 2.05) is 54.6 Å². The Morgan fingerprint density at radius 3 is 2.21 bits per heavy atom. The van der Waals surface area contributed by atoms with Crippen molar-refractivity contribution in [3.05, 3.63) is 84.4 Å². The third-order valence-corrected chi connectivity index (χ3v) is 3.30. The lowest BCUT2D eigenvalue weighted by Crippen LogP contribution is -2.27. The summed E-state index contributed by atoms with van der Waals surface area (Å²) in [5, 5.41) is 3.41. The first kappa shape index (κ1) is 13.5. The van der Waals surface area contributed by atoms with E-state index in [1.165, 1.54) is 5.56 Å².